The number of allylic oxidation sites excluding steroid dienone is 2. The molecule has 4 nitrogen and oxygen atoms in total. The van der Waals surface area contributed by atoms with Crippen molar-refractivity contribution in [2.24, 2.45) is 10.7 Å². The van der Waals surface area contributed by atoms with Crippen LogP contribution >= 0.6 is 45.5 Å². The second-order valence-corrected chi connectivity index (χ2v) is 4.99. The van der Waals surface area contributed by atoms with Crippen molar-refractivity contribution < 1.29 is 0 Å². The number of hydrogen-bond donors (Lipinski definition) is 1. The van der Waals surface area contributed by atoms with Gasteiger partial charge in [-0.05, 0) is 28.2 Å². The number of fused-ring (bicyclic) bond motifs is 1. The maximum absolute atomic E-state index is 5.89. The summed E-state index contributed by atoms with van der Waals surface area (Å²) in [4.78, 5) is 4.32. The third-order valence-electron chi connectivity index (χ3n) is 2.19. The molecule has 1 aliphatic heterocycles. The van der Waals surface area contributed by atoms with Crippen LogP contribution in [0.1, 0.15) is 11.3 Å². The lowest BCUT2D eigenvalue weighted by Crippen LogP contribution is -2.13. The number of hydrogen-bond acceptors (Lipinski definition) is 3. The van der Waals surface area contributed by atoms with Gasteiger partial charge in [-0.15, -0.1) is 0 Å². The second kappa shape index (κ2) is 4.24. The van der Waals surface area contributed by atoms with E-state index in [0.717, 1.165) is 27.0 Å². The molecule has 0 radical (unpaired) electrons. The van der Waals surface area contributed by atoms with Crippen molar-refractivity contribution in [3.8, 4) is 0 Å². The van der Waals surface area contributed by atoms with Gasteiger partial charge in [0.05, 0.1) is 40.3 Å². The number of halogens is 2. The van der Waals surface area contributed by atoms with Crippen molar-refractivity contribution in [3.05, 3.63) is 39.4 Å². The van der Waals surface area contributed by atoms with Crippen LogP contribution in [-0.2, 0) is 6.42 Å². The SMILES string of the molecule is C=CC1=C(I)N=C(N)c2cnn(I)c2C1. The van der Waals surface area contributed by atoms with E-state index in [1.807, 2.05) is 6.08 Å². The zero-order valence-electron chi connectivity index (χ0n) is 7.74. The Kier molecular flexibility index (Phi) is 3.14. The second-order valence-electron chi connectivity index (χ2n) is 3.06. The standard InChI is InChI=1S/C9H8I2N4/c1-2-5-3-7-6(4-13-15(7)11)9(12)14-8(5)10/h2,4H,1,3H2,(H2,12,14). The normalized spacial score (nSPS) is 15.7. The summed E-state index contributed by atoms with van der Waals surface area (Å²) in [6, 6.07) is 0. The summed E-state index contributed by atoms with van der Waals surface area (Å²) in [5.74, 6) is 0.522. The maximum atomic E-state index is 5.89. The summed E-state index contributed by atoms with van der Waals surface area (Å²) >= 11 is 4.31. The van der Waals surface area contributed by atoms with Gasteiger partial charge in [0.15, 0.2) is 0 Å². The molecule has 0 aliphatic carbocycles. The lowest BCUT2D eigenvalue weighted by molar-refractivity contribution is 0.967. The van der Waals surface area contributed by atoms with Gasteiger partial charge in [0.25, 0.3) is 0 Å². The molecule has 0 unspecified atom stereocenters. The molecule has 0 saturated heterocycles. The van der Waals surface area contributed by atoms with Crippen molar-refractivity contribution in [3.63, 3.8) is 0 Å². The van der Waals surface area contributed by atoms with Crippen LogP contribution in [0.3, 0.4) is 0 Å². The highest BCUT2D eigenvalue weighted by Crippen LogP contribution is 2.26. The molecule has 0 bridgehead atoms. The van der Waals surface area contributed by atoms with Gasteiger partial charge in [0.2, 0.25) is 0 Å². The number of aromatic nitrogens is 2. The summed E-state index contributed by atoms with van der Waals surface area (Å²) in [6.45, 7) is 3.78. The highest BCUT2D eigenvalue weighted by Gasteiger charge is 2.18. The third-order valence-corrected chi connectivity index (χ3v) is 3.95. The first-order valence-electron chi connectivity index (χ1n) is 4.22. The lowest BCUT2D eigenvalue weighted by atomic mass is 10.1. The molecular formula is C9H8I2N4. The van der Waals surface area contributed by atoms with E-state index in [1.54, 1.807) is 9.09 Å². The molecule has 0 spiro atoms. The van der Waals surface area contributed by atoms with E-state index in [2.05, 4.69) is 62.1 Å². The Bertz CT molecular complexity index is 484. The molecule has 0 atom stereocenters. The third kappa shape index (κ3) is 1.96. The Morgan fingerprint density at radius 2 is 2.33 bits per heavy atom. The molecule has 2 N–H and O–H groups in total. The predicted molar refractivity (Wildman–Crippen MR) is 77.3 cm³/mol. The number of nitrogens with two attached hydrogens (primary N) is 1. The zero-order valence-corrected chi connectivity index (χ0v) is 12.1. The predicted octanol–water partition coefficient (Wildman–Crippen LogP) is 2.18. The first kappa shape index (κ1) is 11.1. The van der Waals surface area contributed by atoms with E-state index in [4.69, 9.17) is 5.73 Å². The van der Waals surface area contributed by atoms with Crippen LogP contribution in [0.4, 0.5) is 0 Å². The Morgan fingerprint density at radius 3 is 3.00 bits per heavy atom. The fraction of sp³-hybridized carbons (Fsp3) is 0.111. The first-order valence-corrected chi connectivity index (χ1v) is 6.26. The molecule has 2 heterocycles. The lowest BCUT2D eigenvalue weighted by Gasteiger charge is -2.01. The molecule has 2 rings (SSSR count). The minimum atomic E-state index is 0.522. The van der Waals surface area contributed by atoms with Crippen LogP contribution in [0.5, 0.6) is 0 Å². The Morgan fingerprint density at radius 1 is 1.60 bits per heavy atom. The van der Waals surface area contributed by atoms with Crippen LogP contribution in [0, 0.1) is 0 Å². The van der Waals surface area contributed by atoms with Gasteiger partial charge in [-0.1, -0.05) is 12.7 Å². The van der Waals surface area contributed by atoms with Gasteiger partial charge < -0.3 is 5.73 Å². The van der Waals surface area contributed by atoms with E-state index in [0.29, 0.717) is 5.84 Å². The summed E-state index contributed by atoms with van der Waals surface area (Å²) in [7, 11) is 0. The number of nitrogens with zero attached hydrogens (tertiary/aromatic N) is 3. The van der Waals surface area contributed by atoms with Crippen molar-refractivity contribution >= 4 is 51.3 Å². The van der Waals surface area contributed by atoms with Crippen molar-refractivity contribution in [2.45, 2.75) is 6.42 Å². The summed E-state index contributed by atoms with van der Waals surface area (Å²) in [5, 5.41) is 4.17. The van der Waals surface area contributed by atoms with Crippen molar-refractivity contribution in [1.82, 2.24) is 7.99 Å². The van der Waals surface area contributed by atoms with E-state index < -0.39 is 0 Å². The fourth-order valence-corrected chi connectivity index (χ4v) is 2.60. The monoisotopic (exact) mass is 426 g/mol. The minimum absolute atomic E-state index is 0.522. The minimum Gasteiger partial charge on any atom is -0.383 e. The number of rotatable bonds is 1. The van der Waals surface area contributed by atoms with E-state index in [9.17, 15) is 0 Å². The molecule has 0 amide bonds. The zero-order chi connectivity index (χ0) is 11.0. The summed E-state index contributed by atoms with van der Waals surface area (Å²) < 4.78 is 2.70. The van der Waals surface area contributed by atoms with Crippen LogP contribution in [0.25, 0.3) is 0 Å². The molecule has 0 saturated carbocycles. The van der Waals surface area contributed by atoms with Gasteiger partial charge in [-0.25, -0.2) is 7.89 Å². The Hall–Kier alpha value is -0.380. The summed E-state index contributed by atoms with van der Waals surface area (Å²) in [5.41, 5.74) is 8.95. The molecule has 78 valence electrons. The van der Waals surface area contributed by atoms with Gasteiger partial charge >= 0.3 is 0 Å². The fourth-order valence-electron chi connectivity index (χ4n) is 1.37. The van der Waals surface area contributed by atoms with E-state index >= 15 is 0 Å². The highest BCUT2D eigenvalue weighted by atomic mass is 127. The van der Waals surface area contributed by atoms with Crippen LogP contribution in [0.2, 0.25) is 0 Å². The van der Waals surface area contributed by atoms with Crippen LogP contribution in [-0.4, -0.2) is 13.8 Å². The molecule has 1 aromatic rings. The van der Waals surface area contributed by atoms with Gasteiger partial charge in [-0.2, -0.15) is 5.10 Å². The topological polar surface area (TPSA) is 56.2 Å². The number of amidine groups is 1. The quantitative estimate of drug-likeness (QED) is 0.553. The van der Waals surface area contributed by atoms with Crippen molar-refractivity contribution in [1.29, 1.82) is 0 Å². The van der Waals surface area contributed by atoms with Gasteiger partial charge in [0, 0.05) is 6.42 Å². The largest absolute Gasteiger partial charge is 0.383 e. The Labute approximate surface area is 115 Å². The van der Waals surface area contributed by atoms with Gasteiger partial charge in [-0.3, -0.25) is 0 Å². The Balaban J connectivity index is 2.62. The van der Waals surface area contributed by atoms with E-state index in [-0.39, 0.29) is 0 Å². The number of aliphatic imine (C=N–C) groups is 1. The molecule has 6 heteroatoms. The van der Waals surface area contributed by atoms with E-state index in [1.165, 1.54) is 0 Å². The van der Waals surface area contributed by atoms with Crippen LogP contribution in [0.15, 0.2) is 33.1 Å². The average Bonchev–Trinajstić information content (AvgIpc) is 2.50. The summed E-state index contributed by atoms with van der Waals surface area (Å²) in [6.07, 6.45) is 4.33. The van der Waals surface area contributed by atoms with Crippen molar-refractivity contribution in [2.75, 3.05) is 0 Å². The maximum Gasteiger partial charge on any atom is 0.135 e. The molecule has 0 aromatic carbocycles. The smallest absolute Gasteiger partial charge is 0.135 e. The molecule has 1 aromatic heterocycles. The molecular weight excluding hydrogens is 418 g/mol. The molecule has 0 fully saturated rings. The molecule has 1 aliphatic rings. The molecule has 15 heavy (non-hydrogen) atoms. The average molecular weight is 426 g/mol. The van der Waals surface area contributed by atoms with Gasteiger partial charge in [0.1, 0.15) is 9.54 Å². The van der Waals surface area contributed by atoms with Crippen LogP contribution < -0.4 is 5.73 Å². The first-order chi connectivity index (χ1) is 7.13. The highest BCUT2D eigenvalue weighted by molar-refractivity contribution is 14.1.